The fraction of sp³-hybridized carbons (Fsp3) is 0.280. The molecule has 0 aliphatic carbocycles. The Labute approximate surface area is 205 Å². The largest absolute Gasteiger partial charge is 0.496 e. The summed E-state index contributed by atoms with van der Waals surface area (Å²) in [5.41, 5.74) is 1.86. The zero-order valence-corrected chi connectivity index (χ0v) is 20.5. The van der Waals surface area contributed by atoms with E-state index in [1.807, 2.05) is 29.6 Å². The topological polar surface area (TPSA) is 102 Å². The molecular weight excluding hydrogens is 470 g/mol. The van der Waals surface area contributed by atoms with Crippen LogP contribution in [0.4, 0.5) is 0 Å². The summed E-state index contributed by atoms with van der Waals surface area (Å²) < 4.78 is 22.8. The molecule has 0 atom stereocenters. The van der Waals surface area contributed by atoms with Crippen molar-refractivity contribution < 1.29 is 23.7 Å². The van der Waals surface area contributed by atoms with E-state index in [2.05, 4.69) is 9.97 Å². The highest BCUT2D eigenvalue weighted by Crippen LogP contribution is 2.32. The summed E-state index contributed by atoms with van der Waals surface area (Å²) in [5, 5.41) is 3.08. The predicted molar refractivity (Wildman–Crippen MR) is 132 cm³/mol. The molecule has 4 aromatic rings. The number of carbonyl (C=O) groups is 1. The molecule has 0 saturated carbocycles. The van der Waals surface area contributed by atoms with Gasteiger partial charge in [-0.05, 0) is 24.6 Å². The number of rotatable bonds is 10. The SMILES string of the molecule is COc1cc2ncn(CCCC(=O)OCc3csc(-c4ccccc4OC)n3)c(=O)c2cc1OC. The molecule has 0 aliphatic heterocycles. The highest BCUT2D eigenvalue weighted by atomic mass is 32.1. The molecule has 0 fully saturated rings. The van der Waals surface area contributed by atoms with E-state index in [1.165, 1.54) is 36.5 Å². The van der Waals surface area contributed by atoms with Gasteiger partial charge in [0.05, 0.1) is 49.8 Å². The van der Waals surface area contributed by atoms with Gasteiger partial charge in [-0.15, -0.1) is 11.3 Å². The van der Waals surface area contributed by atoms with Crippen molar-refractivity contribution in [1.29, 1.82) is 0 Å². The van der Waals surface area contributed by atoms with Crippen molar-refractivity contribution in [2.45, 2.75) is 26.0 Å². The van der Waals surface area contributed by atoms with Crippen LogP contribution in [0.3, 0.4) is 0 Å². The molecule has 0 N–H and O–H groups in total. The Bertz CT molecular complexity index is 1400. The molecule has 4 rings (SSSR count). The maximum atomic E-state index is 12.8. The second-order valence-corrected chi connectivity index (χ2v) is 8.43. The highest BCUT2D eigenvalue weighted by molar-refractivity contribution is 7.13. The molecular formula is C25H25N3O6S. The number of aromatic nitrogens is 3. The molecule has 0 amide bonds. The minimum Gasteiger partial charge on any atom is -0.496 e. The molecule has 0 spiro atoms. The van der Waals surface area contributed by atoms with Crippen LogP contribution in [0.5, 0.6) is 17.2 Å². The zero-order valence-electron chi connectivity index (χ0n) is 19.6. The summed E-state index contributed by atoms with van der Waals surface area (Å²) in [7, 11) is 4.65. The van der Waals surface area contributed by atoms with Gasteiger partial charge >= 0.3 is 5.97 Å². The number of nitrogens with zero attached hydrogens (tertiary/aromatic N) is 3. The van der Waals surface area contributed by atoms with E-state index in [4.69, 9.17) is 18.9 Å². The maximum absolute atomic E-state index is 12.8. The monoisotopic (exact) mass is 495 g/mol. The summed E-state index contributed by atoms with van der Waals surface area (Å²) in [6.07, 6.45) is 2.07. The van der Waals surface area contributed by atoms with Gasteiger partial charge < -0.3 is 18.9 Å². The van der Waals surface area contributed by atoms with Crippen molar-refractivity contribution in [2.75, 3.05) is 21.3 Å². The highest BCUT2D eigenvalue weighted by Gasteiger charge is 2.13. The van der Waals surface area contributed by atoms with Crippen LogP contribution in [-0.4, -0.2) is 41.8 Å². The zero-order chi connectivity index (χ0) is 24.8. The number of hydrogen-bond acceptors (Lipinski definition) is 9. The minimum absolute atomic E-state index is 0.0869. The van der Waals surface area contributed by atoms with Gasteiger partial charge in [-0.2, -0.15) is 0 Å². The van der Waals surface area contributed by atoms with Crippen LogP contribution < -0.4 is 19.8 Å². The number of hydrogen-bond donors (Lipinski definition) is 0. The predicted octanol–water partition coefficient (Wildman–Crippen LogP) is 4.07. The normalized spacial score (nSPS) is 10.8. The van der Waals surface area contributed by atoms with Gasteiger partial charge in [-0.1, -0.05) is 12.1 Å². The lowest BCUT2D eigenvalue weighted by molar-refractivity contribution is -0.145. The number of carbonyl (C=O) groups excluding carboxylic acids is 1. The molecule has 182 valence electrons. The molecule has 2 aromatic heterocycles. The van der Waals surface area contributed by atoms with E-state index >= 15 is 0 Å². The Balaban J connectivity index is 1.32. The lowest BCUT2D eigenvalue weighted by atomic mass is 10.2. The van der Waals surface area contributed by atoms with Crippen molar-refractivity contribution in [3.8, 4) is 27.8 Å². The number of fused-ring (bicyclic) bond motifs is 1. The number of ether oxygens (including phenoxy) is 4. The van der Waals surface area contributed by atoms with E-state index in [-0.39, 0.29) is 24.6 Å². The summed E-state index contributed by atoms with van der Waals surface area (Å²) in [6, 6.07) is 10.9. The van der Waals surface area contributed by atoms with Gasteiger partial charge in [-0.25, -0.2) is 9.97 Å². The first-order valence-electron chi connectivity index (χ1n) is 10.9. The molecule has 0 unspecified atom stereocenters. The first-order valence-corrected chi connectivity index (χ1v) is 11.8. The van der Waals surface area contributed by atoms with Crippen molar-refractivity contribution in [2.24, 2.45) is 0 Å². The number of esters is 1. The van der Waals surface area contributed by atoms with Crippen molar-refractivity contribution in [3.63, 3.8) is 0 Å². The lowest BCUT2D eigenvalue weighted by Crippen LogP contribution is -2.21. The molecule has 35 heavy (non-hydrogen) atoms. The van der Waals surface area contributed by atoms with Crippen molar-refractivity contribution in [3.05, 3.63) is 64.2 Å². The third-order valence-corrected chi connectivity index (χ3v) is 6.30. The average molecular weight is 496 g/mol. The number of para-hydroxylation sites is 1. The van der Waals surface area contributed by atoms with E-state index in [0.29, 0.717) is 41.1 Å². The Morgan fingerprint density at radius 2 is 1.77 bits per heavy atom. The molecule has 9 nitrogen and oxygen atoms in total. The minimum atomic E-state index is -0.356. The smallest absolute Gasteiger partial charge is 0.306 e. The summed E-state index contributed by atoms with van der Waals surface area (Å²) in [6.45, 7) is 0.420. The van der Waals surface area contributed by atoms with Crippen molar-refractivity contribution in [1.82, 2.24) is 14.5 Å². The van der Waals surface area contributed by atoms with Gasteiger partial charge in [-0.3, -0.25) is 14.2 Å². The number of thiazole rings is 1. The Morgan fingerprint density at radius 1 is 1.03 bits per heavy atom. The Kier molecular flexibility index (Phi) is 7.61. The standard InChI is InChI=1S/C25H25N3O6S/c1-31-20-8-5-4-7-17(20)24-27-16(14-35-24)13-34-23(29)9-6-10-28-15-26-19-12-22(33-3)21(32-2)11-18(19)25(28)30/h4-5,7-8,11-12,14-15H,6,9-10,13H2,1-3H3. The van der Waals surface area contributed by atoms with Crippen LogP contribution >= 0.6 is 11.3 Å². The molecule has 0 aliphatic rings. The fourth-order valence-electron chi connectivity index (χ4n) is 3.58. The van der Waals surface area contributed by atoms with E-state index in [1.54, 1.807) is 19.2 Å². The maximum Gasteiger partial charge on any atom is 0.306 e. The Morgan fingerprint density at radius 3 is 2.54 bits per heavy atom. The van der Waals surface area contributed by atoms with Crippen LogP contribution in [0.1, 0.15) is 18.5 Å². The fourth-order valence-corrected chi connectivity index (χ4v) is 4.42. The second kappa shape index (κ2) is 11.0. The van der Waals surface area contributed by atoms with Crippen LogP contribution in [0.25, 0.3) is 21.5 Å². The van der Waals surface area contributed by atoms with E-state index in [9.17, 15) is 9.59 Å². The molecule has 2 aromatic carbocycles. The van der Waals surface area contributed by atoms with Crippen LogP contribution in [0.2, 0.25) is 0 Å². The van der Waals surface area contributed by atoms with Crippen molar-refractivity contribution >= 4 is 28.2 Å². The quantitative estimate of drug-likeness (QED) is 0.304. The van der Waals surface area contributed by atoms with Gasteiger partial charge in [0.2, 0.25) is 0 Å². The molecule has 10 heteroatoms. The molecule has 2 heterocycles. The third-order valence-electron chi connectivity index (χ3n) is 5.38. The number of methoxy groups -OCH3 is 3. The molecule has 0 saturated heterocycles. The number of benzene rings is 2. The van der Waals surface area contributed by atoms with Gasteiger partial charge in [0.15, 0.2) is 11.5 Å². The second-order valence-electron chi connectivity index (χ2n) is 7.58. The van der Waals surface area contributed by atoms with Crippen LogP contribution in [-0.2, 0) is 22.7 Å². The van der Waals surface area contributed by atoms with Gasteiger partial charge in [0, 0.05) is 24.4 Å². The van der Waals surface area contributed by atoms with E-state index in [0.717, 1.165) is 16.3 Å². The summed E-state index contributed by atoms with van der Waals surface area (Å²) in [4.78, 5) is 34.0. The first kappa shape index (κ1) is 24.2. The first-order chi connectivity index (χ1) is 17.0. The van der Waals surface area contributed by atoms with Crippen LogP contribution in [0, 0.1) is 0 Å². The van der Waals surface area contributed by atoms with Crippen LogP contribution in [0.15, 0.2) is 52.9 Å². The summed E-state index contributed by atoms with van der Waals surface area (Å²) >= 11 is 1.46. The molecule has 0 radical (unpaired) electrons. The number of aryl methyl sites for hydroxylation is 1. The Hall–Kier alpha value is -3.92. The van der Waals surface area contributed by atoms with Gasteiger partial charge in [0.25, 0.3) is 5.56 Å². The van der Waals surface area contributed by atoms with E-state index < -0.39 is 0 Å². The summed E-state index contributed by atoms with van der Waals surface area (Å²) in [5.74, 6) is 1.34. The van der Waals surface area contributed by atoms with Gasteiger partial charge in [0.1, 0.15) is 17.4 Å². The third kappa shape index (κ3) is 5.43. The average Bonchev–Trinajstić information content (AvgIpc) is 3.37. The molecule has 0 bridgehead atoms. The lowest BCUT2D eigenvalue weighted by Gasteiger charge is -2.10.